The van der Waals surface area contributed by atoms with Gasteiger partial charge in [-0.2, -0.15) is 0 Å². The van der Waals surface area contributed by atoms with Gasteiger partial charge in [0.05, 0.1) is 13.1 Å². The molecule has 0 amide bonds. The van der Waals surface area contributed by atoms with Crippen molar-refractivity contribution in [2.45, 2.75) is 20.8 Å². The molecule has 17 heavy (non-hydrogen) atoms. The smallest absolute Gasteiger partial charge is 0.323 e. The summed E-state index contributed by atoms with van der Waals surface area (Å²) in [6.07, 6.45) is 0. The molecule has 0 saturated carbocycles. The Morgan fingerprint density at radius 2 is 2.24 bits per heavy atom. The Balaban J connectivity index is 2.41. The fraction of sp³-hybridized carbons (Fsp3) is 0.667. The fourth-order valence-corrected chi connectivity index (χ4v) is 1.78. The highest BCUT2D eigenvalue weighted by atomic mass is 16.5. The van der Waals surface area contributed by atoms with Crippen molar-refractivity contribution in [3.63, 3.8) is 0 Å². The number of carbonyl (C=O) groups is 1. The Kier molecular flexibility index (Phi) is 4.37. The van der Waals surface area contributed by atoms with Crippen LogP contribution < -0.4 is 0 Å². The average Bonchev–Trinajstić information content (AvgIpc) is 2.65. The Bertz CT molecular complexity index is 345. The Morgan fingerprint density at radius 1 is 1.59 bits per heavy atom. The van der Waals surface area contributed by atoms with E-state index >= 15 is 0 Å². The van der Waals surface area contributed by atoms with Crippen LogP contribution in [0, 0.1) is 5.41 Å². The van der Waals surface area contributed by atoms with Crippen LogP contribution in [0.4, 0.5) is 0 Å². The molecule has 0 radical (unpaired) electrons. The number of carbonyl (C=O) groups excluding carboxylic acids is 1. The predicted molar refractivity (Wildman–Crippen MR) is 72.0 cm³/mol. The fourth-order valence-electron chi connectivity index (χ4n) is 1.78. The lowest BCUT2D eigenvalue weighted by molar-refractivity contribution is -0.138. The van der Waals surface area contributed by atoms with Gasteiger partial charge in [-0.25, -0.2) is 4.79 Å². The molecule has 1 heterocycles. The molecule has 94 valence electrons. The van der Waals surface area contributed by atoms with Crippen molar-refractivity contribution in [3.8, 4) is 0 Å². The first-order chi connectivity index (χ1) is 7.82. The standard InChI is InChI=1S/C12H21BN2O2/c1-9(13)10(16)17-8-7-15-6-5-14-11(15)12(2,3)4/h1,5-8,13H2,2-4H3. The molecular formula is C12H21BN2O2. The molecule has 1 aliphatic rings. The number of nitrogens with zero attached hydrogens (tertiary/aromatic N) is 2. The summed E-state index contributed by atoms with van der Waals surface area (Å²) in [4.78, 5) is 17.9. The molecule has 0 aromatic rings. The first-order valence-corrected chi connectivity index (χ1v) is 5.95. The number of ether oxygens (including phenoxy) is 1. The van der Waals surface area contributed by atoms with Gasteiger partial charge >= 0.3 is 5.97 Å². The van der Waals surface area contributed by atoms with Crippen LogP contribution in [0.3, 0.4) is 0 Å². The van der Waals surface area contributed by atoms with E-state index in [2.05, 4.69) is 37.2 Å². The van der Waals surface area contributed by atoms with E-state index in [-0.39, 0.29) is 11.4 Å². The summed E-state index contributed by atoms with van der Waals surface area (Å²) in [6.45, 7) is 12.8. The summed E-state index contributed by atoms with van der Waals surface area (Å²) in [6, 6.07) is 0. The van der Waals surface area contributed by atoms with Gasteiger partial charge in [-0.15, -0.1) is 0 Å². The highest BCUT2D eigenvalue weighted by Crippen LogP contribution is 2.21. The molecule has 5 heteroatoms. The topological polar surface area (TPSA) is 41.9 Å². The largest absolute Gasteiger partial charge is 0.461 e. The quantitative estimate of drug-likeness (QED) is 0.404. The molecule has 0 atom stereocenters. The van der Waals surface area contributed by atoms with E-state index in [1.165, 1.54) is 0 Å². The van der Waals surface area contributed by atoms with E-state index in [0.717, 1.165) is 18.9 Å². The van der Waals surface area contributed by atoms with Crippen LogP contribution in [0.25, 0.3) is 0 Å². The van der Waals surface area contributed by atoms with Crippen molar-refractivity contribution in [1.82, 2.24) is 4.90 Å². The number of hydrogen-bond acceptors (Lipinski definition) is 4. The maximum atomic E-state index is 11.2. The second kappa shape index (κ2) is 5.38. The first-order valence-electron chi connectivity index (χ1n) is 5.95. The minimum atomic E-state index is -0.321. The van der Waals surface area contributed by atoms with Crippen LogP contribution in [-0.4, -0.2) is 50.8 Å². The summed E-state index contributed by atoms with van der Waals surface area (Å²) in [5.74, 6) is 0.780. The van der Waals surface area contributed by atoms with E-state index in [1.54, 1.807) is 7.85 Å². The minimum Gasteiger partial charge on any atom is -0.461 e. The zero-order valence-electron chi connectivity index (χ0n) is 11.2. The SMILES string of the molecule is BC(=C)C(=O)OCCN1CCN=C1C(C)(C)C. The third kappa shape index (κ3) is 3.91. The Morgan fingerprint density at radius 3 is 2.76 bits per heavy atom. The second-order valence-corrected chi connectivity index (χ2v) is 5.36. The number of rotatable bonds is 4. The van der Waals surface area contributed by atoms with Crippen LogP contribution in [0.5, 0.6) is 0 Å². The lowest BCUT2D eigenvalue weighted by atomic mass is 9.94. The zero-order valence-corrected chi connectivity index (χ0v) is 11.2. The summed E-state index contributed by atoms with van der Waals surface area (Å²) >= 11 is 0. The number of esters is 1. The lowest BCUT2D eigenvalue weighted by Gasteiger charge is -2.28. The normalized spacial score (nSPS) is 15.7. The molecule has 0 saturated heterocycles. The highest BCUT2D eigenvalue weighted by Gasteiger charge is 2.27. The minimum absolute atomic E-state index is 0.0505. The predicted octanol–water partition coefficient (Wildman–Crippen LogP) is 0.437. The molecule has 1 aliphatic heterocycles. The van der Waals surface area contributed by atoms with Crippen molar-refractivity contribution in [2.24, 2.45) is 10.4 Å². The molecule has 1 rings (SSSR count). The van der Waals surface area contributed by atoms with Gasteiger partial charge in [-0.1, -0.05) is 27.4 Å². The van der Waals surface area contributed by atoms with Crippen LogP contribution in [-0.2, 0) is 9.53 Å². The molecule has 0 N–H and O–H groups in total. The zero-order chi connectivity index (χ0) is 13.1. The third-order valence-electron chi connectivity index (χ3n) is 2.54. The van der Waals surface area contributed by atoms with Gasteiger partial charge in [0, 0.05) is 12.0 Å². The molecule has 0 aromatic heterocycles. The molecule has 0 bridgehead atoms. The van der Waals surface area contributed by atoms with E-state index in [1.807, 2.05) is 0 Å². The average molecular weight is 236 g/mol. The highest BCUT2D eigenvalue weighted by molar-refractivity contribution is 6.34. The summed E-state index contributed by atoms with van der Waals surface area (Å²) in [5.41, 5.74) is 0.491. The molecular weight excluding hydrogens is 215 g/mol. The van der Waals surface area contributed by atoms with Gasteiger partial charge in [0.1, 0.15) is 20.3 Å². The van der Waals surface area contributed by atoms with Gasteiger partial charge in [0.2, 0.25) is 0 Å². The molecule has 0 unspecified atom stereocenters. The Hall–Kier alpha value is -1.26. The van der Waals surface area contributed by atoms with E-state index in [9.17, 15) is 4.79 Å². The van der Waals surface area contributed by atoms with Crippen molar-refractivity contribution >= 4 is 19.7 Å². The Labute approximate surface area is 104 Å². The van der Waals surface area contributed by atoms with E-state index in [0.29, 0.717) is 18.6 Å². The van der Waals surface area contributed by atoms with Crippen molar-refractivity contribution in [1.29, 1.82) is 0 Å². The number of hydrogen-bond donors (Lipinski definition) is 0. The lowest BCUT2D eigenvalue weighted by Crippen LogP contribution is -2.38. The van der Waals surface area contributed by atoms with Crippen molar-refractivity contribution < 1.29 is 9.53 Å². The van der Waals surface area contributed by atoms with Crippen molar-refractivity contribution in [2.75, 3.05) is 26.2 Å². The van der Waals surface area contributed by atoms with E-state index < -0.39 is 0 Å². The maximum absolute atomic E-state index is 11.2. The van der Waals surface area contributed by atoms with Gasteiger partial charge in [-0.3, -0.25) is 4.99 Å². The van der Waals surface area contributed by atoms with Crippen molar-refractivity contribution in [3.05, 3.63) is 12.1 Å². The van der Waals surface area contributed by atoms with Gasteiger partial charge in [0.25, 0.3) is 0 Å². The molecule has 0 aliphatic carbocycles. The van der Waals surface area contributed by atoms with Crippen LogP contribution in [0.1, 0.15) is 20.8 Å². The van der Waals surface area contributed by atoms with Gasteiger partial charge in [0.15, 0.2) is 0 Å². The maximum Gasteiger partial charge on any atom is 0.323 e. The van der Waals surface area contributed by atoms with E-state index in [4.69, 9.17) is 4.74 Å². The second-order valence-electron chi connectivity index (χ2n) is 5.36. The first kappa shape index (κ1) is 13.8. The summed E-state index contributed by atoms with van der Waals surface area (Å²) in [5, 5.41) is 0. The monoisotopic (exact) mass is 236 g/mol. The van der Waals surface area contributed by atoms with Crippen LogP contribution in [0.2, 0.25) is 0 Å². The molecule has 4 nitrogen and oxygen atoms in total. The van der Waals surface area contributed by atoms with Crippen LogP contribution >= 0.6 is 0 Å². The van der Waals surface area contributed by atoms with Gasteiger partial charge < -0.3 is 9.64 Å². The summed E-state index contributed by atoms with van der Waals surface area (Å²) in [7, 11) is 1.65. The van der Waals surface area contributed by atoms with Crippen LogP contribution in [0.15, 0.2) is 17.0 Å². The summed E-state index contributed by atoms with van der Waals surface area (Å²) < 4.78 is 5.09. The van der Waals surface area contributed by atoms with Gasteiger partial charge in [-0.05, 0) is 5.47 Å². The molecule has 0 fully saturated rings. The number of amidine groups is 1. The third-order valence-corrected chi connectivity index (χ3v) is 2.54. The molecule has 0 spiro atoms. The molecule has 0 aromatic carbocycles. The number of aliphatic imine (C=N–C) groups is 1.